The van der Waals surface area contributed by atoms with Gasteiger partial charge in [0.05, 0.1) is 6.54 Å². The summed E-state index contributed by atoms with van der Waals surface area (Å²) in [6.45, 7) is 6.82. The molecule has 3 rings (SSSR count). The standard InChI is InChI=1S/C16H23N3O4S/c1-9(2)10-5-19(7-13(17)20)6-11(10)18-16(21)15-14-12(8-24-15)22-3-4-23-14/h8-11H,3-7H2,1-2H3,(H2,17,20)(H,18,21)/t10-,11+/m0/s1. The highest BCUT2D eigenvalue weighted by atomic mass is 32.1. The fraction of sp³-hybridized carbons (Fsp3) is 0.625. The Morgan fingerprint density at radius 3 is 2.83 bits per heavy atom. The molecule has 2 atom stereocenters. The van der Waals surface area contributed by atoms with E-state index in [9.17, 15) is 9.59 Å². The average Bonchev–Trinajstić information content (AvgIpc) is 3.10. The predicted molar refractivity (Wildman–Crippen MR) is 90.5 cm³/mol. The molecule has 3 heterocycles. The van der Waals surface area contributed by atoms with E-state index >= 15 is 0 Å². The number of likely N-dealkylation sites (tertiary alicyclic amines) is 1. The first-order valence-electron chi connectivity index (χ1n) is 8.14. The van der Waals surface area contributed by atoms with Crippen molar-refractivity contribution in [2.24, 2.45) is 17.6 Å². The highest BCUT2D eigenvalue weighted by Crippen LogP contribution is 2.39. The summed E-state index contributed by atoms with van der Waals surface area (Å²) in [5.41, 5.74) is 5.30. The van der Waals surface area contributed by atoms with Crippen LogP contribution in [0.5, 0.6) is 11.5 Å². The second-order valence-electron chi connectivity index (χ2n) is 6.60. The summed E-state index contributed by atoms with van der Waals surface area (Å²) < 4.78 is 11.1. The largest absolute Gasteiger partial charge is 0.485 e. The molecule has 0 bridgehead atoms. The molecular weight excluding hydrogens is 330 g/mol. The van der Waals surface area contributed by atoms with E-state index in [2.05, 4.69) is 19.2 Å². The van der Waals surface area contributed by atoms with Gasteiger partial charge in [-0.25, -0.2) is 0 Å². The molecule has 0 aliphatic carbocycles. The van der Waals surface area contributed by atoms with Gasteiger partial charge in [0.1, 0.15) is 18.1 Å². The van der Waals surface area contributed by atoms with Crippen LogP contribution >= 0.6 is 11.3 Å². The number of nitrogens with zero attached hydrogens (tertiary/aromatic N) is 1. The van der Waals surface area contributed by atoms with Crippen molar-refractivity contribution in [3.8, 4) is 11.5 Å². The van der Waals surface area contributed by atoms with Gasteiger partial charge in [-0.05, 0) is 11.8 Å². The van der Waals surface area contributed by atoms with Crippen molar-refractivity contribution in [2.45, 2.75) is 19.9 Å². The van der Waals surface area contributed by atoms with E-state index in [1.54, 1.807) is 5.38 Å². The summed E-state index contributed by atoms with van der Waals surface area (Å²) in [7, 11) is 0. The quantitative estimate of drug-likeness (QED) is 0.812. The van der Waals surface area contributed by atoms with Crippen molar-refractivity contribution in [1.82, 2.24) is 10.2 Å². The Kier molecular flexibility index (Phi) is 4.96. The Labute approximate surface area is 145 Å². The Bertz CT molecular complexity index is 631. The zero-order valence-electron chi connectivity index (χ0n) is 13.9. The number of carbonyl (C=O) groups excluding carboxylic acids is 2. The zero-order chi connectivity index (χ0) is 17.3. The number of nitrogens with two attached hydrogens (primary N) is 1. The van der Waals surface area contributed by atoms with Gasteiger partial charge >= 0.3 is 0 Å². The molecule has 1 saturated heterocycles. The third-order valence-electron chi connectivity index (χ3n) is 4.50. The first kappa shape index (κ1) is 17.0. The van der Waals surface area contributed by atoms with Crippen molar-refractivity contribution in [1.29, 1.82) is 0 Å². The number of nitrogens with one attached hydrogen (secondary N) is 1. The van der Waals surface area contributed by atoms with Crippen molar-refractivity contribution in [3.05, 3.63) is 10.3 Å². The maximum absolute atomic E-state index is 12.7. The second-order valence-corrected chi connectivity index (χ2v) is 7.48. The molecule has 7 nitrogen and oxygen atoms in total. The Balaban J connectivity index is 1.70. The molecular formula is C16H23N3O4S. The lowest BCUT2D eigenvalue weighted by Gasteiger charge is -2.23. The fourth-order valence-electron chi connectivity index (χ4n) is 3.34. The van der Waals surface area contributed by atoms with Gasteiger partial charge in [0.2, 0.25) is 5.91 Å². The van der Waals surface area contributed by atoms with E-state index in [-0.39, 0.29) is 30.3 Å². The number of hydrogen-bond donors (Lipinski definition) is 2. The summed E-state index contributed by atoms with van der Waals surface area (Å²) in [6, 6.07) is -0.0147. The van der Waals surface area contributed by atoms with Crippen LogP contribution in [0.3, 0.4) is 0 Å². The summed E-state index contributed by atoms with van der Waals surface area (Å²) in [6.07, 6.45) is 0. The molecule has 0 radical (unpaired) electrons. The van der Waals surface area contributed by atoms with Crippen molar-refractivity contribution < 1.29 is 19.1 Å². The van der Waals surface area contributed by atoms with E-state index in [0.717, 1.165) is 6.54 Å². The maximum atomic E-state index is 12.7. The number of carbonyl (C=O) groups is 2. The molecule has 2 aliphatic heterocycles. The smallest absolute Gasteiger partial charge is 0.265 e. The topological polar surface area (TPSA) is 93.9 Å². The Morgan fingerprint density at radius 1 is 1.38 bits per heavy atom. The number of primary amides is 1. The Hall–Kier alpha value is -1.80. The molecule has 0 spiro atoms. The number of ether oxygens (including phenoxy) is 2. The van der Waals surface area contributed by atoms with E-state index in [1.165, 1.54) is 11.3 Å². The van der Waals surface area contributed by atoms with E-state index in [4.69, 9.17) is 15.2 Å². The van der Waals surface area contributed by atoms with Crippen LogP contribution in [0, 0.1) is 11.8 Å². The maximum Gasteiger partial charge on any atom is 0.265 e. The highest BCUT2D eigenvalue weighted by molar-refractivity contribution is 7.12. The van der Waals surface area contributed by atoms with Crippen molar-refractivity contribution >= 4 is 23.2 Å². The molecule has 1 aromatic rings. The summed E-state index contributed by atoms with van der Waals surface area (Å²) in [5, 5.41) is 4.91. The van der Waals surface area contributed by atoms with Gasteiger partial charge in [-0.15, -0.1) is 11.3 Å². The van der Waals surface area contributed by atoms with E-state index < -0.39 is 0 Å². The summed E-state index contributed by atoms with van der Waals surface area (Å²) in [5.74, 6) is 1.35. The zero-order valence-corrected chi connectivity index (χ0v) is 14.7. The summed E-state index contributed by atoms with van der Waals surface area (Å²) in [4.78, 5) is 26.4. The SMILES string of the molecule is CC(C)[C@@H]1CN(CC(N)=O)C[C@H]1NC(=O)c1scc2c1OCCO2. The highest BCUT2D eigenvalue weighted by Gasteiger charge is 2.37. The molecule has 24 heavy (non-hydrogen) atoms. The van der Waals surface area contributed by atoms with Gasteiger partial charge in [-0.2, -0.15) is 0 Å². The number of rotatable bonds is 5. The third kappa shape index (κ3) is 3.49. The van der Waals surface area contributed by atoms with Crippen LogP contribution in [0.15, 0.2) is 5.38 Å². The lowest BCUT2D eigenvalue weighted by atomic mass is 9.91. The van der Waals surface area contributed by atoms with Crippen LogP contribution in [0.25, 0.3) is 0 Å². The molecule has 0 aromatic carbocycles. The summed E-state index contributed by atoms with van der Waals surface area (Å²) >= 11 is 1.33. The number of fused-ring (bicyclic) bond motifs is 1. The fourth-order valence-corrected chi connectivity index (χ4v) is 4.18. The van der Waals surface area contributed by atoms with Crippen LogP contribution in [0.4, 0.5) is 0 Å². The van der Waals surface area contributed by atoms with Gasteiger partial charge < -0.3 is 20.5 Å². The van der Waals surface area contributed by atoms with Gasteiger partial charge in [-0.3, -0.25) is 14.5 Å². The molecule has 3 N–H and O–H groups in total. The normalized spacial score (nSPS) is 23.5. The number of hydrogen-bond acceptors (Lipinski definition) is 6. The molecule has 132 valence electrons. The predicted octanol–water partition coefficient (Wildman–Crippen LogP) is 0.691. The van der Waals surface area contributed by atoms with E-state index in [1.807, 2.05) is 4.90 Å². The van der Waals surface area contributed by atoms with Crippen molar-refractivity contribution in [2.75, 3.05) is 32.8 Å². The number of amides is 2. The van der Waals surface area contributed by atoms with Crippen LogP contribution in [0.2, 0.25) is 0 Å². The van der Waals surface area contributed by atoms with Gasteiger partial charge in [0, 0.05) is 24.5 Å². The van der Waals surface area contributed by atoms with Crippen LogP contribution in [0.1, 0.15) is 23.5 Å². The van der Waals surface area contributed by atoms with Gasteiger partial charge in [0.25, 0.3) is 5.91 Å². The van der Waals surface area contributed by atoms with Crippen LogP contribution < -0.4 is 20.5 Å². The van der Waals surface area contributed by atoms with Gasteiger partial charge in [-0.1, -0.05) is 13.8 Å². The molecule has 2 amide bonds. The molecule has 0 unspecified atom stereocenters. The first-order chi connectivity index (χ1) is 11.5. The second kappa shape index (κ2) is 6.98. The molecule has 0 saturated carbocycles. The minimum Gasteiger partial charge on any atom is -0.485 e. The minimum atomic E-state index is -0.345. The third-order valence-corrected chi connectivity index (χ3v) is 5.44. The molecule has 1 fully saturated rings. The van der Waals surface area contributed by atoms with Crippen molar-refractivity contribution in [3.63, 3.8) is 0 Å². The van der Waals surface area contributed by atoms with Crippen LogP contribution in [-0.4, -0.2) is 55.6 Å². The van der Waals surface area contributed by atoms with Crippen LogP contribution in [-0.2, 0) is 4.79 Å². The molecule has 8 heteroatoms. The minimum absolute atomic E-state index is 0.0147. The van der Waals surface area contributed by atoms with Gasteiger partial charge in [0.15, 0.2) is 11.5 Å². The van der Waals surface area contributed by atoms with E-state index in [0.29, 0.717) is 42.1 Å². The first-order valence-corrected chi connectivity index (χ1v) is 9.02. The monoisotopic (exact) mass is 353 g/mol. The lowest BCUT2D eigenvalue weighted by molar-refractivity contribution is -0.118. The average molecular weight is 353 g/mol. The lowest BCUT2D eigenvalue weighted by Crippen LogP contribution is -2.42. The molecule has 2 aliphatic rings. The number of thiophene rings is 1. The Morgan fingerprint density at radius 2 is 2.12 bits per heavy atom. The molecule has 1 aromatic heterocycles.